The minimum atomic E-state index is -0.341. The second kappa shape index (κ2) is 7.37. The maximum absolute atomic E-state index is 13.6. The molecule has 1 aliphatic heterocycles. The van der Waals surface area contributed by atoms with E-state index in [1.165, 1.54) is 6.07 Å². The maximum Gasteiger partial charge on any atom is 0.226 e. The van der Waals surface area contributed by atoms with E-state index in [0.29, 0.717) is 31.0 Å². The van der Waals surface area contributed by atoms with E-state index < -0.39 is 0 Å². The van der Waals surface area contributed by atoms with E-state index in [4.69, 9.17) is 4.74 Å². The zero-order chi connectivity index (χ0) is 16.1. The number of imidazole rings is 1. The summed E-state index contributed by atoms with van der Waals surface area (Å²) in [6.07, 6.45) is 5.12. The fourth-order valence-corrected chi connectivity index (χ4v) is 2.90. The lowest BCUT2D eigenvalue weighted by Crippen LogP contribution is -2.38. The first-order valence-corrected chi connectivity index (χ1v) is 7.87. The van der Waals surface area contributed by atoms with Gasteiger partial charge in [0, 0.05) is 25.5 Å². The summed E-state index contributed by atoms with van der Waals surface area (Å²) in [6.45, 7) is 1.03. The number of aromatic nitrogens is 2. The topological polar surface area (TPSA) is 67.0 Å². The number of hydrogen-bond acceptors (Lipinski definition) is 3. The Morgan fingerprint density at radius 3 is 3.09 bits per heavy atom. The average molecular weight is 317 g/mol. The summed E-state index contributed by atoms with van der Waals surface area (Å²) in [5.74, 6) is 0.105. The highest BCUT2D eigenvalue weighted by Crippen LogP contribution is 2.31. The smallest absolute Gasteiger partial charge is 0.226 e. The molecule has 1 saturated heterocycles. The molecule has 1 fully saturated rings. The van der Waals surface area contributed by atoms with Gasteiger partial charge < -0.3 is 15.0 Å². The van der Waals surface area contributed by atoms with Crippen LogP contribution in [0.3, 0.4) is 0 Å². The zero-order valence-electron chi connectivity index (χ0n) is 12.8. The van der Waals surface area contributed by atoms with Crippen molar-refractivity contribution in [2.75, 3.05) is 13.2 Å². The van der Waals surface area contributed by atoms with Gasteiger partial charge in [0.2, 0.25) is 5.91 Å². The SMILES string of the molecule is O=C(NCCc1ccccc1F)[C@@H]1CCCO[C@H]1c1ncc[nH]1. The molecule has 0 radical (unpaired) electrons. The van der Waals surface area contributed by atoms with E-state index in [9.17, 15) is 9.18 Å². The maximum atomic E-state index is 13.6. The average Bonchev–Trinajstić information content (AvgIpc) is 3.11. The molecule has 1 amide bonds. The first-order valence-electron chi connectivity index (χ1n) is 7.87. The highest BCUT2D eigenvalue weighted by Gasteiger charge is 2.34. The van der Waals surface area contributed by atoms with E-state index in [1.807, 2.05) is 0 Å². The van der Waals surface area contributed by atoms with Crippen LogP contribution in [-0.2, 0) is 16.0 Å². The summed E-state index contributed by atoms with van der Waals surface area (Å²) >= 11 is 0. The predicted molar refractivity (Wildman–Crippen MR) is 83.1 cm³/mol. The molecule has 2 N–H and O–H groups in total. The van der Waals surface area contributed by atoms with Crippen molar-refractivity contribution in [3.63, 3.8) is 0 Å². The van der Waals surface area contributed by atoms with Crippen LogP contribution in [-0.4, -0.2) is 29.0 Å². The molecule has 23 heavy (non-hydrogen) atoms. The molecule has 0 spiro atoms. The van der Waals surface area contributed by atoms with Gasteiger partial charge in [-0.05, 0) is 30.9 Å². The Labute approximate surface area is 134 Å². The van der Waals surface area contributed by atoms with E-state index in [0.717, 1.165) is 12.8 Å². The summed E-state index contributed by atoms with van der Waals surface area (Å²) in [4.78, 5) is 19.7. The molecule has 2 aromatic rings. The summed E-state index contributed by atoms with van der Waals surface area (Å²) in [7, 11) is 0. The third-order valence-electron chi connectivity index (χ3n) is 4.10. The van der Waals surface area contributed by atoms with Crippen molar-refractivity contribution in [1.82, 2.24) is 15.3 Å². The van der Waals surface area contributed by atoms with Gasteiger partial charge in [-0.1, -0.05) is 18.2 Å². The van der Waals surface area contributed by atoms with Crippen molar-refractivity contribution >= 4 is 5.91 Å². The molecular weight excluding hydrogens is 297 g/mol. The molecule has 0 unspecified atom stereocenters. The van der Waals surface area contributed by atoms with Gasteiger partial charge in [-0.3, -0.25) is 4.79 Å². The molecule has 122 valence electrons. The van der Waals surface area contributed by atoms with Gasteiger partial charge in [-0.15, -0.1) is 0 Å². The van der Waals surface area contributed by atoms with Crippen molar-refractivity contribution in [3.05, 3.63) is 53.9 Å². The standard InChI is InChI=1S/C17H20FN3O2/c18-14-6-2-1-4-12(14)7-8-21-17(22)13-5-3-11-23-15(13)16-19-9-10-20-16/h1-2,4,6,9-10,13,15H,3,5,7-8,11H2,(H,19,20)(H,21,22)/t13-,15-/m1/s1. The van der Waals surface area contributed by atoms with Crippen LogP contribution in [0.4, 0.5) is 4.39 Å². The second-order valence-corrected chi connectivity index (χ2v) is 5.65. The Hall–Kier alpha value is -2.21. The van der Waals surface area contributed by atoms with Crippen LogP contribution in [0.1, 0.15) is 30.3 Å². The van der Waals surface area contributed by atoms with Crippen molar-refractivity contribution in [2.24, 2.45) is 5.92 Å². The number of nitrogens with one attached hydrogen (secondary N) is 2. The largest absolute Gasteiger partial charge is 0.369 e. The first-order chi connectivity index (χ1) is 11.3. The number of benzene rings is 1. The number of rotatable bonds is 5. The zero-order valence-corrected chi connectivity index (χ0v) is 12.8. The van der Waals surface area contributed by atoms with Crippen LogP contribution in [0.15, 0.2) is 36.7 Å². The number of amides is 1. The Balaban J connectivity index is 1.57. The molecular formula is C17H20FN3O2. The fraction of sp³-hybridized carbons (Fsp3) is 0.412. The van der Waals surface area contributed by atoms with Gasteiger partial charge in [0.15, 0.2) is 0 Å². The van der Waals surface area contributed by atoms with E-state index in [1.54, 1.807) is 30.6 Å². The van der Waals surface area contributed by atoms with Crippen molar-refractivity contribution in [2.45, 2.75) is 25.4 Å². The lowest BCUT2D eigenvalue weighted by Gasteiger charge is -2.29. The summed E-state index contributed by atoms with van der Waals surface area (Å²) < 4.78 is 19.3. The van der Waals surface area contributed by atoms with E-state index in [-0.39, 0.29) is 23.7 Å². The van der Waals surface area contributed by atoms with Crippen LogP contribution in [0.25, 0.3) is 0 Å². The Kier molecular flexibility index (Phi) is 5.02. The molecule has 1 aliphatic rings. The van der Waals surface area contributed by atoms with Gasteiger partial charge in [-0.2, -0.15) is 0 Å². The number of nitrogens with zero attached hydrogens (tertiary/aromatic N) is 1. The minimum Gasteiger partial charge on any atom is -0.369 e. The van der Waals surface area contributed by atoms with Crippen LogP contribution < -0.4 is 5.32 Å². The number of hydrogen-bond donors (Lipinski definition) is 2. The molecule has 2 heterocycles. The molecule has 3 rings (SSSR count). The molecule has 1 aromatic heterocycles. The van der Waals surface area contributed by atoms with Crippen LogP contribution in [0, 0.1) is 11.7 Å². The van der Waals surface area contributed by atoms with Crippen LogP contribution >= 0.6 is 0 Å². The number of H-pyrrole nitrogens is 1. The van der Waals surface area contributed by atoms with Gasteiger partial charge in [-0.25, -0.2) is 9.37 Å². The first kappa shape index (κ1) is 15.7. The highest BCUT2D eigenvalue weighted by molar-refractivity contribution is 5.79. The minimum absolute atomic E-state index is 0.0672. The molecule has 1 aromatic carbocycles. The van der Waals surface area contributed by atoms with E-state index in [2.05, 4.69) is 15.3 Å². The number of carbonyl (C=O) groups excluding carboxylic acids is 1. The van der Waals surface area contributed by atoms with Crippen LogP contribution in [0.5, 0.6) is 0 Å². The van der Waals surface area contributed by atoms with Gasteiger partial charge in [0.25, 0.3) is 0 Å². The monoisotopic (exact) mass is 317 g/mol. The lowest BCUT2D eigenvalue weighted by atomic mass is 9.92. The van der Waals surface area contributed by atoms with Gasteiger partial charge in [0.05, 0.1) is 5.92 Å². The Morgan fingerprint density at radius 2 is 2.30 bits per heavy atom. The molecule has 2 atom stereocenters. The van der Waals surface area contributed by atoms with Crippen molar-refractivity contribution in [1.29, 1.82) is 0 Å². The quantitative estimate of drug-likeness (QED) is 0.890. The van der Waals surface area contributed by atoms with Gasteiger partial charge in [0.1, 0.15) is 17.7 Å². The highest BCUT2D eigenvalue weighted by atomic mass is 19.1. The molecule has 5 nitrogen and oxygen atoms in total. The Bertz CT molecular complexity index is 645. The van der Waals surface area contributed by atoms with Crippen molar-refractivity contribution in [3.8, 4) is 0 Å². The summed E-state index contributed by atoms with van der Waals surface area (Å²) in [5.41, 5.74) is 0.607. The normalized spacial score (nSPS) is 21.1. The summed E-state index contributed by atoms with van der Waals surface area (Å²) in [5, 5.41) is 2.89. The lowest BCUT2D eigenvalue weighted by molar-refractivity contribution is -0.135. The van der Waals surface area contributed by atoms with Gasteiger partial charge >= 0.3 is 0 Å². The van der Waals surface area contributed by atoms with Crippen LogP contribution in [0.2, 0.25) is 0 Å². The molecule has 6 heteroatoms. The molecule has 0 saturated carbocycles. The Morgan fingerprint density at radius 1 is 1.43 bits per heavy atom. The number of carbonyl (C=O) groups is 1. The number of halogens is 1. The second-order valence-electron chi connectivity index (χ2n) is 5.65. The molecule has 0 aliphatic carbocycles. The number of ether oxygens (including phenoxy) is 1. The molecule has 0 bridgehead atoms. The van der Waals surface area contributed by atoms with E-state index >= 15 is 0 Å². The fourth-order valence-electron chi connectivity index (χ4n) is 2.90. The third-order valence-corrected chi connectivity index (χ3v) is 4.10. The third kappa shape index (κ3) is 3.76. The number of aromatic amines is 1. The van der Waals surface area contributed by atoms with Crippen molar-refractivity contribution < 1.29 is 13.9 Å². The predicted octanol–water partition coefficient (Wildman–Crippen LogP) is 2.38. The summed E-state index contributed by atoms with van der Waals surface area (Å²) in [6, 6.07) is 6.61.